The Kier molecular flexibility index (Phi) is 6.42. The third kappa shape index (κ3) is 4.94. The summed E-state index contributed by atoms with van der Waals surface area (Å²) >= 11 is 6.01. The van der Waals surface area contributed by atoms with Crippen molar-refractivity contribution in [1.82, 2.24) is 5.32 Å². The van der Waals surface area contributed by atoms with Crippen molar-refractivity contribution in [3.05, 3.63) is 58.9 Å². The standard InChI is InChI=1S/C21H24ClFN2O3/c1-14(2)28-19-8-7-17(23)13-18(19)24-20(26)25-21(9-11-27-12-10-21)15-3-5-16(22)6-4-15/h3-8,13-14H,9-12H2,1-2H3,(H2,24,25,26). The number of urea groups is 1. The Morgan fingerprint density at radius 2 is 1.86 bits per heavy atom. The molecule has 0 radical (unpaired) electrons. The van der Waals surface area contributed by atoms with Crippen molar-refractivity contribution in [1.29, 1.82) is 0 Å². The molecule has 0 atom stereocenters. The van der Waals surface area contributed by atoms with Gasteiger partial charge in [-0.05, 0) is 56.5 Å². The fourth-order valence-electron chi connectivity index (χ4n) is 3.30. The van der Waals surface area contributed by atoms with E-state index in [1.165, 1.54) is 18.2 Å². The van der Waals surface area contributed by atoms with Crippen LogP contribution in [0.2, 0.25) is 5.02 Å². The molecular formula is C21H24ClFN2O3. The third-order valence-electron chi connectivity index (χ3n) is 4.65. The topological polar surface area (TPSA) is 59.6 Å². The summed E-state index contributed by atoms with van der Waals surface area (Å²) in [5.74, 6) is -0.0380. The van der Waals surface area contributed by atoms with Crippen LogP contribution in [0.4, 0.5) is 14.9 Å². The molecule has 7 heteroatoms. The summed E-state index contributed by atoms with van der Waals surface area (Å²) in [5.41, 5.74) is 0.650. The zero-order chi connectivity index (χ0) is 20.1. The highest BCUT2D eigenvalue weighted by Gasteiger charge is 2.36. The zero-order valence-corrected chi connectivity index (χ0v) is 16.7. The number of halogens is 2. The summed E-state index contributed by atoms with van der Waals surface area (Å²) in [6.45, 7) is 4.80. The predicted molar refractivity (Wildman–Crippen MR) is 108 cm³/mol. The monoisotopic (exact) mass is 406 g/mol. The maximum atomic E-state index is 13.7. The van der Waals surface area contributed by atoms with E-state index in [1.807, 2.05) is 26.0 Å². The summed E-state index contributed by atoms with van der Waals surface area (Å²) in [4.78, 5) is 12.8. The van der Waals surface area contributed by atoms with E-state index in [-0.39, 0.29) is 11.8 Å². The molecule has 2 amide bonds. The number of amides is 2. The van der Waals surface area contributed by atoms with Gasteiger partial charge in [-0.15, -0.1) is 0 Å². The van der Waals surface area contributed by atoms with E-state index in [1.54, 1.807) is 12.1 Å². The number of anilines is 1. The molecule has 1 heterocycles. The van der Waals surface area contributed by atoms with Crippen molar-refractivity contribution in [2.45, 2.75) is 38.3 Å². The van der Waals surface area contributed by atoms with Crippen molar-refractivity contribution >= 4 is 23.3 Å². The van der Waals surface area contributed by atoms with E-state index < -0.39 is 17.4 Å². The number of hydrogen-bond donors (Lipinski definition) is 2. The lowest BCUT2D eigenvalue weighted by Crippen LogP contribution is -2.50. The molecule has 0 spiro atoms. The third-order valence-corrected chi connectivity index (χ3v) is 4.90. The molecule has 2 aromatic carbocycles. The predicted octanol–water partition coefficient (Wildman–Crippen LogP) is 5.09. The van der Waals surface area contributed by atoms with Gasteiger partial charge in [0.05, 0.1) is 17.3 Å². The van der Waals surface area contributed by atoms with Crippen molar-refractivity contribution in [2.24, 2.45) is 0 Å². The van der Waals surface area contributed by atoms with Gasteiger partial charge in [0.1, 0.15) is 11.6 Å². The number of carbonyl (C=O) groups is 1. The average Bonchev–Trinajstić information content (AvgIpc) is 2.65. The van der Waals surface area contributed by atoms with Crippen LogP contribution in [0.15, 0.2) is 42.5 Å². The first-order valence-corrected chi connectivity index (χ1v) is 9.65. The molecule has 0 saturated carbocycles. The Balaban J connectivity index is 1.82. The number of carbonyl (C=O) groups excluding carboxylic acids is 1. The number of hydrogen-bond acceptors (Lipinski definition) is 3. The van der Waals surface area contributed by atoms with Gasteiger partial charge in [0.2, 0.25) is 0 Å². The Morgan fingerprint density at radius 3 is 2.50 bits per heavy atom. The van der Waals surface area contributed by atoms with Crippen LogP contribution in [-0.2, 0) is 10.3 Å². The highest BCUT2D eigenvalue weighted by molar-refractivity contribution is 6.30. The van der Waals surface area contributed by atoms with Crippen LogP contribution in [0.1, 0.15) is 32.3 Å². The lowest BCUT2D eigenvalue weighted by atomic mass is 9.83. The summed E-state index contributed by atoms with van der Waals surface area (Å²) in [6, 6.07) is 11.0. The molecule has 5 nitrogen and oxygen atoms in total. The maximum Gasteiger partial charge on any atom is 0.320 e. The molecule has 28 heavy (non-hydrogen) atoms. The molecule has 150 valence electrons. The van der Waals surface area contributed by atoms with Crippen molar-refractivity contribution in [2.75, 3.05) is 18.5 Å². The van der Waals surface area contributed by atoms with Crippen LogP contribution in [0, 0.1) is 5.82 Å². The second-order valence-corrected chi connectivity index (χ2v) is 7.52. The van der Waals surface area contributed by atoms with Crippen LogP contribution in [0.3, 0.4) is 0 Å². The lowest BCUT2D eigenvalue weighted by Gasteiger charge is -2.38. The summed E-state index contributed by atoms with van der Waals surface area (Å²) in [5, 5.41) is 6.42. The first-order chi connectivity index (χ1) is 13.4. The molecule has 2 aromatic rings. The van der Waals surface area contributed by atoms with Gasteiger partial charge in [0.25, 0.3) is 0 Å². The molecule has 0 aromatic heterocycles. The number of ether oxygens (including phenoxy) is 2. The van der Waals surface area contributed by atoms with Crippen LogP contribution in [0.25, 0.3) is 0 Å². The first-order valence-electron chi connectivity index (χ1n) is 9.27. The minimum absolute atomic E-state index is 0.107. The van der Waals surface area contributed by atoms with Crippen molar-refractivity contribution < 1.29 is 18.7 Å². The second-order valence-electron chi connectivity index (χ2n) is 7.09. The van der Waals surface area contributed by atoms with Gasteiger partial charge >= 0.3 is 6.03 Å². The van der Waals surface area contributed by atoms with E-state index in [0.29, 0.717) is 36.8 Å². The molecule has 1 fully saturated rings. The van der Waals surface area contributed by atoms with Gasteiger partial charge in [-0.25, -0.2) is 9.18 Å². The second kappa shape index (κ2) is 8.80. The number of rotatable bonds is 5. The van der Waals surface area contributed by atoms with Gasteiger partial charge in [-0.2, -0.15) is 0 Å². The molecule has 1 aliphatic heterocycles. The minimum atomic E-state index is -0.584. The molecular weight excluding hydrogens is 383 g/mol. The Bertz CT molecular complexity index is 821. The summed E-state index contributed by atoms with van der Waals surface area (Å²) < 4.78 is 24.9. The molecule has 1 aliphatic rings. The SMILES string of the molecule is CC(C)Oc1ccc(F)cc1NC(=O)NC1(c2ccc(Cl)cc2)CCOCC1. The maximum absolute atomic E-state index is 13.7. The van der Waals surface area contributed by atoms with Gasteiger partial charge < -0.3 is 20.1 Å². The molecule has 3 rings (SSSR count). The molecule has 0 aliphatic carbocycles. The van der Waals surface area contributed by atoms with E-state index in [0.717, 1.165) is 5.56 Å². The first kappa shape index (κ1) is 20.4. The minimum Gasteiger partial charge on any atom is -0.489 e. The van der Waals surface area contributed by atoms with E-state index in [2.05, 4.69) is 10.6 Å². The zero-order valence-electron chi connectivity index (χ0n) is 15.9. The van der Waals surface area contributed by atoms with Crippen molar-refractivity contribution in [3.8, 4) is 5.75 Å². The smallest absolute Gasteiger partial charge is 0.320 e. The van der Waals surface area contributed by atoms with Crippen LogP contribution in [-0.4, -0.2) is 25.3 Å². The lowest BCUT2D eigenvalue weighted by molar-refractivity contribution is 0.0418. The summed E-state index contributed by atoms with van der Waals surface area (Å²) in [7, 11) is 0. The number of benzene rings is 2. The quantitative estimate of drug-likeness (QED) is 0.726. The van der Waals surface area contributed by atoms with Gasteiger partial charge in [-0.3, -0.25) is 0 Å². The Morgan fingerprint density at radius 1 is 1.18 bits per heavy atom. The van der Waals surface area contributed by atoms with Crippen LogP contribution < -0.4 is 15.4 Å². The molecule has 1 saturated heterocycles. The van der Waals surface area contributed by atoms with Crippen LogP contribution in [0.5, 0.6) is 5.75 Å². The Labute approximate surface area is 169 Å². The largest absolute Gasteiger partial charge is 0.489 e. The van der Waals surface area contributed by atoms with Crippen LogP contribution >= 0.6 is 11.6 Å². The Hall–Kier alpha value is -2.31. The van der Waals surface area contributed by atoms with Gasteiger partial charge in [-0.1, -0.05) is 23.7 Å². The van der Waals surface area contributed by atoms with E-state index in [4.69, 9.17) is 21.1 Å². The van der Waals surface area contributed by atoms with Crippen molar-refractivity contribution in [3.63, 3.8) is 0 Å². The molecule has 0 unspecified atom stereocenters. The highest BCUT2D eigenvalue weighted by Crippen LogP contribution is 2.33. The highest BCUT2D eigenvalue weighted by atomic mass is 35.5. The van der Waals surface area contributed by atoms with E-state index in [9.17, 15) is 9.18 Å². The molecule has 2 N–H and O–H groups in total. The summed E-state index contributed by atoms with van der Waals surface area (Å²) in [6.07, 6.45) is 1.14. The van der Waals surface area contributed by atoms with Gasteiger partial charge in [0, 0.05) is 24.3 Å². The fraction of sp³-hybridized carbons (Fsp3) is 0.381. The fourth-order valence-corrected chi connectivity index (χ4v) is 3.43. The normalized spacial score (nSPS) is 15.9. The van der Waals surface area contributed by atoms with Gasteiger partial charge in [0.15, 0.2) is 0 Å². The number of nitrogens with one attached hydrogen (secondary N) is 2. The molecule has 0 bridgehead atoms. The average molecular weight is 407 g/mol. The van der Waals surface area contributed by atoms with E-state index >= 15 is 0 Å².